The number of rotatable bonds is 9. The molecule has 0 saturated heterocycles. The van der Waals surface area contributed by atoms with Crippen LogP contribution < -0.4 is 5.32 Å². The summed E-state index contributed by atoms with van der Waals surface area (Å²) in [5, 5.41) is 3.42. The van der Waals surface area contributed by atoms with E-state index in [4.69, 9.17) is 0 Å². The summed E-state index contributed by atoms with van der Waals surface area (Å²) in [6, 6.07) is 0. The van der Waals surface area contributed by atoms with E-state index in [2.05, 4.69) is 47.0 Å². The van der Waals surface area contributed by atoms with Gasteiger partial charge in [-0.1, -0.05) is 53.9 Å². The summed E-state index contributed by atoms with van der Waals surface area (Å²) in [5.74, 6) is 0. The summed E-state index contributed by atoms with van der Waals surface area (Å²) < 4.78 is 0. The van der Waals surface area contributed by atoms with Crippen LogP contribution in [0.25, 0.3) is 0 Å². The highest BCUT2D eigenvalue weighted by Crippen LogP contribution is 2.35. The third-order valence-electron chi connectivity index (χ3n) is 4.00. The maximum Gasteiger partial charge on any atom is 0.000470 e. The van der Waals surface area contributed by atoms with E-state index in [1.165, 1.54) is 51.5 Å². The first-order valence-corrected chi connectivity index (χ1v) is 7.54. The maximum atomic E-state index is 3.42. The Hall–Kier alpha value is -0.0400. The Labute approximate surface area is 110 Å². The highest BCUT2D eigenvalue weighted by molar-refractivity contribution is 4.80. The smallest absolute Gasteiger partial charge is 0.000470 e. The van der Waals surface area contributed by atoms with Gasteiger partial charge in [0.2, 0.25) is 0 Å². The molecule has 104 valence electrons. The quantitative estimate of drug-likeness (QED) is 0.598. The number of hydrogen-bond donors (Lipinski definition) is 1. The predicted octanol–water partition coefficient (Wildman–Crippen LogP) is 5.01. The molecule has 0 aromatic heterocycles. The van der Waals surface area contributed by atoms with Gasteiger partial charge < -0.3 is 5.32 Å². The van der Waals surface area contributed by atoms with Gasteiger partial charge in [0, 0.05) is 6.54 Å². The second-order valence-corrected chi connectivity index (χ2v) is 6.90. The van der Waals surface area contributed by atoms with Crippen LogP contribution in [0.15, 0.2) is 0 Å². The molecule has 0 amide bonds. The summed E-state index contributed by atoms with van der Waals surface area (Å²) in [6.07, 6.45) is 9.54. The Morgan fingerprint density at radius 3 is 1.88 bits per heavy atom. The normalized spacial score (nSPS) is 15.9. The third-order valence-corrected chi connectivity index (χ3v) is 4.00. The van der Waals surface area contributed by atoms with E-state index in [9.17, 15) is 0 Å². The minimum atomic E-state index is 0.490. The molecular formula is C16H35N. The topological polar surface area (TPSA) is 12.0 Å². The number of nitrogens with one attached hydrogen (secondary N) is 1. The number of hydrogen-bond acceptors (Lipinski definition) is 1. The van der Waals surface area contributed by atoms with Crippen molar-refractivity contribution in [2.24, 2.45) is 10.8 Å². The van der Waals surface area contributed by atoms with Crippen molar-refractivity contribution < 1.29 is 0 Å². The first-order valence-electron chi connectivity index (χ1n) is 7.54. The Bertz CT molecular complexity index is 180. The molecule has 0 aromatic carbocycles. The molecule has 0 spiro atoms. The molecule has 1 nitrogen and oxygen atoms in total. The largest absolute Gasteiger partial charge is 0.319 e. The van der Waals surface area contributed by atoms with Crippen molar-refractivity contribution in [3.63, 3.8) is 0 Å². The molecule has 17 heavy (non-hydrogen) atoms. The fourth-order valence-corrected chi connectivity index (χ4v) is 2.70. The highest BCUT2D eigenvalue weighted by Gasteiger charge is 2.26. The van der Waals surface area contributed by atoms with E-state index in [0.29, 0.717) is 10.8 Å². The molecule has 0 aliphatic heterocycles. The van der Waals surface area contributed by atoms with Gasteiger partial charge in [-0.25, -0.2) is 0 Å². The van der Waals surface area contributed by atoms with Gasteiger partial charge >= 0.3 is 0 Å². The van der Waals surface area contributed by atoms with Gasteiger partial charge in [-0.05, 0) is 43.6 Å². The summed E-state index contributed by atoms with van der Waals surface area (Å²) in [5.41, 5.74) is 1.04. The molecule has 0 aliphatic rings. The highest BCUT2D eigenvalue weighted by atomic mass is 14.8. The van der Waals surface area contributed by atoms with Gasteiger partial charge in [0.25, 0.3) is 0 Å². The van der Waals surface area contributed by atoms with Gasteiger partial charge in [-0.3, -0.25) is 0 Å². The molecule has 1 N–H and O–H groups in total. The monoisotopic (exact) mass is 241 g/mol. The molecular weight excluding hydrogens is 206 g/mol. The lowest BCUT2D eigenvalue weighted by Gasteiger charge is -2.34. The Morgan fingerprint density at radius 1 is 0.882 bits per heavy atom. The maximum absolute atomic E-state index is 3.42. The van der Waals surface area contributed by atoms with Crippen molar-refractivity contribution in [3.05, 3.63) is 0 Å². The summed E-state index contributed by atoms with van der Waals surface area (Å²) in [7, 11) is 2.10. The molecule has 0 fully saturated rings. The fourth-order valence-electron chi connectivity index (χ4n) is 2.70. The Balaban J connectivity index is 4.25. The minimum Gasteiger partial charge on any atom is -0.319 e. The lowest BCUT2D eigenvalue weighted by molar-refractivity contribution is 0.198. The SMILES string of the molecule is CCCCC(CC)(CCCC(C)(C)C)CNC. The van der Waals surface area contributed by atoms with E-state index in [1.807, 2.05) is 0 Å². The third kappa shape index (κ3) is 7.81. The van der Waals surface area contributed by atoms with Gasteiger partial charge in [0.1, 0.15) is 0 Å². The fraction of sp³-hybridized carbons (Fsp3) is 1.00. The number of unbranched alkanes of at least 4 members (excludes halogenated alkanes) is 1. The predicted molar refractivity (Wildman–Crippen MR) is 79.5 cm³/mol. The molecule has 0 aliphatic carbocycles. The van der Waals surface area contributed by atoms with Crippen LogP contribution in [0.5, 0.6) is 0 Å². The summed E-state index contributed by atoms with van der Waals surface area (Å²) >= 11 is 0. The summed E-state index contributed by atoms with van der Waals surface area (Å²) in [4.78, 5) is 0. The first kappa shape index (κ1) is 17.0. The van der Waals surface area contributed by atoms with Crippen LogP contribution in [-0.4, -0.2) is 13.6 Å². The van der Waals surface area contributed by atoms with Crippen LogP contribution in [0.1, 0.15) is 79.6 Å². The second-order valence-electron chi connectivity index (χ2n) is 6.90. The molecule has 0 saturated carbocycles. The van der Waals surface area contributed by atoms with Crippen molar-refractivity contribution in [1.82, 2.24) is 5.32 Å². The zero-order chi connectivity index (χ0) is 13.4. The molecule has 0 heterocycles. The van der Waals surface area contributed by atoms with Crippen LogP contribution in [0.4, 0.5) is 0 Å². The molecule has 0 radical (unpaired) electrons. The molecule has 0 aromatic rings. The Kier molecular flexibility index (Phi) is 8.11. The second kappa shape index (κ2) is 8.13. The van der Waals surface area contributed by atoms with Crippen molar-refractivity contribution >= 4 is 0 Å². The summed E-state index contributed by atoms with van der Waals surface area (Å²) in [6.45, 7) is 12.9. The van der Waals surface area contributed by atoms with E-state index in [1.54, 1.807) is 0 Å². The van der Waals surface area contributed by atoms with Gasteiger partial charge in [-0.2, -0.15) is 0 Å². The van der Waals surface area contributed by atoms with Crippen molar-refractivity contribution in [3.8, 4) is 0 Å². The van der Waals surface area contributed by atoms with E-state index < -0.39 is 0 Å². The van der Waals surface area contributed by atoms with Crippen LogP contribution in [0.3, 0.4) is 0 Å². The van der Waals surface area contributed by atoms with Crippen molar-refractivity contribution in [2.75, 3.05) is 13.6 Å². The minimum absolute atomic E-state index is 0.490. The van der Waals surface area contributed by atoms with Gasteiger partial charge in [0.05, 0.1) is 0 Å². The van der Waals surface area contributed by atoms with Gasteiger partial charge in [0.15, 0.2) is 0 Å². The average Bonchev–Trinajstić information content (AvgIpc) is 2.24. The average molecular weight is 241 g/mol. The zero-order valence-corrected chi connectivity index (χ0v) is 13.2. The first-order chi connectivity index (χ1) is 7.89. The van der Waals surface area contributed by atoms with Crippen LogP contribution in [-0.2, 0) is 0 Å². The van der Waals surface area contributed by atoms with E-state index in [0.717, 1.165) is 0 Å². The zero-order valence-electron chi connectivity index (χ0n) is 13.2. The standard InChI is InChI=1S/C16H35N/c1-7-9-12-16(8-2,14-17-6)13-10-11-15(3,4)5/h17H,7-14H2,1-6H3. The van der Waals surface area contributed by atoms with Crippen LogP contribution >= 0.6 is 0 Å². The molecule has 1 unspecified atom stereocenters. The van der Waals surface area contributed by atoms with Gasteiger partial charge in [-0.15, -0.1) is 0 Å². The lowest BCUT2D eigenvalue weighted by Crippen LogP contribution is -2.32. The van der Waals surface area contributed by atoms with E-state index in [-0.39, 0.29) is 0 Å². The molecule has 0 rings (SSSR count). The molecule has 1 atom stereocenters. The van der Waals surface area contributed by atoms with Crippen LogP contribution in [0, 0.1) is 10.8 Å². The molecule has 1 heteroatoms. The molecule has 0 bridgehead atoms. The van der Waals surface area contributed by atoms with Crippen molar-refractivity contribution in [2.45, 2.75) is 79.6 Å². The van der Waals surface area contributed by atoms with Crippen molar-refractivity contribution in [1.29, 1.82) is 0 Å². The Morgan fingerprint density at radius 2 is 1.47 bits per heavy atom. The van der Waals surface area contributed by atoms with E-state index >= 15 is 0 Å². The van der Waals surface area contributed by atoms with Crippen LogP contribution in [0.2, 0.25) is 0 Å². The lowest BCUT2D eigenvalue weighted by atomic mass is 9.74.